The molecule has 116 valence electrons. The van der Waals surface area contributed by atoms with Gasteiger partial charge in [0.05, 0.1) is 0 Å². The van der Waals surface area contributed by atoms with Gasteiger partial charge in [-0.3, -0.25) is 4.79 Å². The Hall–Kier alpha value is -1.03. The number of hydrogen-bond acceptors (Lipinski definition) is 2. The van der Waals surface area contributed by atoms with E-state index in [9.17, 15) is 4.79 Å². The minimum absolute atomic E-state index is 0.142. The molecule has 0 saturated heterocycles. The van der Waals surface area contributed by atoms with Crippen LogP contribution in [-0.2, 0) is 0 Å². The van der Waals surface area contributed by atoms with Crippen molar-refractivity contribution in [2.75, 3.05) is 12.3 Å². The molecule has 0 unspecified atom stereocenters. The highest BCUT2D eigenvalue weighted by Gasteiger charge is 2.27. The van der Waals surface area contributed by atoms with Crippen molar-refractivity contribution in [3.8, 4) is 0 Å². The summed E-state index contributed by atoms with van der Waals surface area (Å²) in [5.41, 5.74) is 7.21. The molecule has 3 nitrogen and oxygen atoms in total. The molecule has 2 rings (SSSR count). The van der Waals surface area contributed by atoms with Crippen LogP contribution in [0.15, 0.2) is 22.7 Å². The number of benzene rings is 1. The van der Waals surface area contributed by atoms with Crippen LogP contribution >= 0.6 is 15.9 Å². The van der Waals surface area contributed by atoms with Crippen molar-refractivity contribution < 1.29 is 4.79 Å². The van der Waals surface area contributed by atoms with Gasteiger partial charge in [-0.1, -0.05) is 26.7 Å². The molecule has 1 amide bonds. The van der Waals surface area contributed by atoms with Crippen LogP contribution in [0.5, 0.6) is 0 Å². The monoisotopic (exact) mass is 352 g/mol. The second-order valence-corrected chi connectivity index (χ2v) is 7.21. The standard InChI is InChI=1S/C17H25BrN2O/c1-12(2)9-10-20(14-5-3-4-6-14)17(21)13-7-8-16(19)15(18)11-13/h7-8,11-12,14H,3-6,9-10,19H2,1-2H3. The van der Waals surface area contributed by atoms with Crippen LogP contribution in [0.3, 0.4) is 0 Å². The third-order valence-electron chi connectivity index (χ3n) is 4.22. The molecule has 1 aliphatic rings. The lowest BCUT2D eigenvalue weighted by Gasteiger charge is -2.30. The summed E-state index contributed by atoms with van der Waals surface area (Å²) in [7, 11) is 0. The first-order chi connectivity index (χ1) is 9.99. The van der Waals surface area contributed by atoms with Gasteiger partial charge in [0.2, 0.25) is 0 Å². The first kappa shape index (κ1) is 16.3. The number of amides is 1. The zero-order valence-electron chi connectivity index (χ0n) is 12.9. The van der Waals surface area contributed by atoms with Gasteiger partial charge >= 0.3 is 0 Å². The Morgan fingerprint density at radius 1 is 1.38 bits per heavy atom. The molecule has 0 bridgehead atoms. The lowest BCUT2D eigenvalue weighted by atomic mass is 10.1. The van der Waals surface area contributed by atoms with Gasteiger partial charge in [-0.05, 0) is 59.3 Å². The fourth-order valence-electron chi connectivity index (χ4n) is 2.89. The molecule has 1 aromatic carbocycles. The van der Waals surface area contributed by atoms with Crippen LogP contribution in [0.2, 0.25) is 0 Å². The summed E-state index contributed by atoms with van der Waals surface area (Å²) in [6.07, 6.45) is 5.81. The van der Waals surface area contributed by atoms with E-state index in [1.54, 1.807) is 6.07 Å². The number of anilines is 1. The van der Waals surface area contributed by atoms with E-state index >= 15 is 0 Å². The van der Waals surface area contributed by atoms with E-state index in [2.05, 4.69) is 34.7 Å². The van der Waals surface area contributed by atoms with Gasteiger partial charge < -0.3 is 10.6 Å². The smallest absolute Gasteiger partial charge is 0.254 e. The zero-order chi connectivity index (χ0) is 15.4. The molecule has 0 aliphatic heterocycles. The SMILES string of the molecule is CC(C)CCN(C(=O)c1ccc(N)c(Br)c1)C1CCCC1. The van der Waals surface area contributed by atoms with Crippen LogP contribution in [0.25, 0.3) is 0 Å². The van der Waals surface area contributed by atoms with Crippen LogP contribution in [0, 0.1) is 5.92 Å². The van der Waals surface area contributed by atoms with Crippen LogP contribution in [0.1, 0.15) is 56.3 Å². The zero-order valence-corrected chi connectivity index (χ0v) is 14.5. The van der Waals surface area contributed by atoms with Crippen molar-refractivity contribution >= 4 is 27.5 Å². The Bertz CT molecular complexity index is 496. The Morgan fingerprint density at radius 2 is 2.05 bits per heavy atom. The number of halogens is 1. The minimum atomic E-state index is 0.142. The molecule has 4 heteroatoms. The molecule has 0 heterocycles. The molecule has 1 aromatic rings. The molecule has 1 fully saturated rings. The first-order valence-electron chi connectivity index (χ1n) is 7.85. The largest absolute Gasteiger partial charge is 0.398 e. The Labute approximate surface area is 136 Å². The molecule has 0 aromatic heterocycles. The topological polar surface area (TPSA) is 46.3 Å². The van der Waals surface area contributed by atoms with Crippen molar-refractivity contribution in [3.05, 3.63) is 28.2 Å². The highest BCUT2D eigenvalue weighted by molar-refractivity contribution is 9.10. The molecule has 21 heavy (non-hydrogen) atoms. The third-order valence-corrected chi connectivity index (χ3v) is 4.91. The van der Waals surface area contributed by atoms with E-state index in [1.165, 1.54) is 12.8 Å². The van der Waals surface area contributed by atoms with Crippen molar-refractivity contribution in [2.24, 2.45) is 5.92 Å². The maximum atomic E-state index is 12.9. The summed E-state index contributed by atoms with van der Waals surface area (Å²) in [6, 6.07) is 5.88. The number of hydrogen-bond donors (Lipinski definition) is 1. The van der Waals surface area contributed by atoms with E-state index < -0.39 is 0 Å². The summed E-state index contributed by atoms with van der Waals surface area (Å²) in [4.78, 5) is 15.0. The fourth-order valence-corrected chi connectivity index (χ4v) is 3.27. The van der Waals surface area contributed by atoms with Crippen LogP contribution in [0.4, 0.5) is 5.69 Å². The highest BCUT2D eigenvalue weighted by atomic mass is 79.9. The van der Waals surface area contributed by atoms with Gasteiger partial charge in [0.15, 0.2) is 0 Å². The molecule has 2 N–H and O–H groups in total. The van der Waals surface area contributed by atoms with Gasteiger partial charge in [0, 0.05) is 28.3 Å². The van der Waals surface area contributed by atoms with E-state index in [0.29, 0.717) is 17.6 Å². The first-order valence-corrected chi connectivity index (χ1v) is 8.64. The van der Waals surface area contributed by atoms with Crippen molar-refractivity contribution in [2.45, 2.75) is 52.0 Å². The van der Waals surface area contributed by atoms with E-state index in [0.717, 1.165) is 35.8 Å². The Balaban J connectivity index is 2.17. The fraction of sp³-hybridized carbons (Fsp3) is 0.588. The molecule has 1 aliphatic carbocycles. The Kier molecular flexibility index (Phi) is 5.68. The number of carbonyl (C=O) groups is 1. The number of carbonyl (C=O) groups excluding carboxylic acids is 1. The van der Waals surface area contributed by atoms with Crippen LogP contribution < -0.4 is 5.73 Å². The minimum Gasteiger partial charge on any atom is -0.398 e. The molecule has 0 spiro atoms. The van der Waals surface area contributed by atoms with Crippen LogP contribution in [-0.4, -0.2) is 23.4 Å². The Morgan fingerprint density at radius 3 is 2.62 bits per heavy atom. The normalized spacial score (nSPS) is 15.6. The van der Waals surface area contributed by atoms with Gasteiger partial charge in [0.1, 0.15) is 0 Å². The van der Waals surface area contributed by atoms with Gasteiger partial charge in [-0.25, -0.2) is 0 Å². The summed E-state index contributed by atoms with van der Waals surface area (Å²) >= 11 is 3.41. The molecule has 0 atom stereocenters. The summed E-state index contributed by atoms with van der Waals surface area (Å²) < 4.78 is 0.795. The van der Waals surface area contributed by atoms with E-state index in [4.69, 9.17) is 5.73 Å². The lowest BCUT2D eigenvalue weighted by molar-refractivity contribution is 0.0672. The summed E-state index contributed by atoms with van der Waals surface area (Å²) in [5.74, 6) is 0.753. The molecule has 1 saturated carbocycles. The molecular weight excluding hydrogens is 328 g/mol. The second-order valence-electron chi connectivity index (χ2n) is 6.36. The predicted octanol–water partition coefficient (Wildman–Crippen LogP) is 4.46. The third kappa shape index (κ3) is 4.22. The quantitative estimate of drug-likeness (QED) is 0.795. The number of nitrogens with two attached hydrogens (primary N) is 1. The van der Waals surface area contributed by atoms with Gasteiger partial charge in [-0.15, -0.1) is 0 Å². The molecule has 0 radical (unpaired) electrons. The van der Waals surface area contributed by atoms with E-state index in [1.807, 2.05) is 12.1 Å². The van der Waals surface area contributed by atoms with Crippen molar-refractivity contribution in [1.82, 2.24) is 4.90 Å². The predicted molar refractivity (Wildman–Crippen MR) is 91.3 cm³/mol. The second kappa shape index (κ2) is 7.30. The summed E-state index contributed by atoms with van der Waals surface area (Å²) in [5, 5.41) is 0. The van der Waals surface area contributed by atoms with Gasteiger partial charge in [-0.2, -0.15) is 0 Å². The average Bonchev–Trinajstić information content (AvgIpc) is 2.95. The maximum absolute atomic E-state index is 12.9. The van der Waals surface area contributed by atoms with Crippen molar-refractivity contribution in [3.63, 3.8) is 0 Å². The lowest BCUT2D eigenvalue weighted by Crippen LogP contribution is -2.40. The number of nitrogens with zero attached hydrogens (tertiary/aromatic N) is 1. The van der Waals surface area contributed by atoms with E-state index in [-0.39, 0.29) is 5.91 Å². The maximum Gasteiger partial charge on any atom is 0.254 e. The number of rotatable bonds is 5. The average molecular weight is 353 g/mol. The van der Waals surface area contributed by atoms with Gasteiger partial charge in [0.25, 0.3) is 5.91 Å². The summed E-state index contributed by atoms with van der Waals surface area (Å²) in [6.45, 7) is 5.26. The van der Waals surface area contributed by atoms with Crippen molar-refractivity contribution in [1.29, 1.82) is 0 Å². The number of nitrogen functional groups attached to an aromatic ring is 1. The highest BCUT2D eigenvalue weighted by Crippen LogP contribution is 2.27. The molecular formula is C17H25BrN2O.